The van der Waals surface area contributed by atoms with Gasteiger partial charge in [0.1, 0.15) is 0 Å². The molecule has 0 bridgehead atoms. The van der Waals surface area contributed by atoms with Gasteiger partial charge < -0.3 is 10.3 Å². The monoisotopic (exact) mass is 515 g/mol. The lowest BCUT2D eigenvalue weighted by atomic mass is 9.84. The summed E-state index contributed by atoms with van der Waals surface area (Å²) in [4.78, 5) is 31.0. The molecule has 0 radical (unpaired) electrons. The molecule has 0 atom stereocenters. The van der Waals surface area contributed by atoms with Gasteiger partial charge in [-0.2, -0.15) is 11.8 Å². The topological polar surface area (TPSA) is 65.2 Å². The molecule has 194 valence electrons. The Morgan fingerprint density at radius 2 is 1.95 bits per heavy atom. The summed E-state index contributed by atoms with van der Waals surface area (Å²) in [6.45, 7) is 7.76. The average Bonchev–Trinajstić information content (AvgIpc) is 2.92. The first-order valence-electron chi connectivity index (χ1n) is 13.4. The number of benzene rings is 2. The zero-order valence-corrected chi connectivity index (χ0v) is 22.8. The highest BCUT2D eigenvalue weighted by Gasteiger charge is 2.28. The van der Waals surface area contributed by atoms with E-state index in [2.05, 4.69) is 57.7 Å². The molecule has 3 heterocycles. The Morgan fingerprint density at radius 3 is 2.73 bits per heavy atom. The van der Waals surface area contributed by atoms with E-state index in [0.29, 0.717) is 13.0 Å². The lowest BCUT2D eigenvalue weighted by Gasteiger charge is -2.27. The van der Waals surface area contributed by atoms with Gasteiger partial charge in [0.2, 0.25) is 5.91 Å². The van der Waals surface area contributed by atoms with E-state index in [1.54, 1.807) is 0 Å². The minimum absolute atomic E-state index is 0.0411. The second-order valence-corrected chi connectivity index (χ2v) is 12.0. The van der Waals surface area contributed by atoms with Crippen LogP contribution in [-0.4, -0.2) is 47.7 Å². The highest BCUT2D eigenvalue weighted by Crippen LogP contribution is 2.30. The van der Waals surface area contributed by atoms with Crippen LogP contribution in [0.3, 0.4) is 0 Å². The molecule has 0 unspecified atom stereocenters. The van der Waals surface area contributed by atoms with Crippen molar-refractivity contribution in [3.63, 3.8) is 0 Å². The molecule has 5 nitrogen and oxygen atoms in total. The molecule has 2 N–H and O–H groups in total. The molecule has 2 aliphatic heterocycles. The molecular weight excluding hydrogens is 478 g/mol. The summed E-state index contributed by atoms with van der Waals surface area (Å²) < 4.78 is 0. The van der Waals surface area contributed by atoms with E-state index >= 15 is 0 Å². The fourth-order valence-corrected chi connectivity index (χ4v) is 6.51. The first-order chi connectivity index (χ1) is 17.9. The molecule has 5 rings (SSSR count). The molecule has 6 heteroatoms. The smallest absolute Gasteiger partial charge is 0.252 e. The maximum Gasteiger partial charge on any atom is 0.252 e. The Hall–Kier alpha value is -2.83. The van der Waals surface area contributed by atoms with Gasteiger partial charge >= 0.3 is 0 Å². The van der Waals surface area contributed by atoms with Crippen LogP contribution in [0.2, 0.25) is 0 Å². The standard InChI is InChI=1S/C31H37N3O2S/c1-31(2,20-22-9-10-28-26(19-22)25-13-18-37-21-27(25)29(35)33-28)30(36)32-14-6-15-34-16-11-24(12-17-34)23-7-4-3-5-8-23/h3-5,7-11,19H,6,12-18,20-21H2,1-2H3,(H,32,36)(H,33,35). The summed E-state index contributed by atoms with van der Waals surface area (Å²) in [5, 5.41) is 4.31. The minimum Gasteiger partial charge on any atom is -0.356 e. The Kier molecular flexibility index (Phi) is 7.87. The molecule has 0 aliphatic carbocycles. The van der Waals surface area contributed by atoms with Gasteiger partial charge in [0.05, 0.1) is 0 Å². The van der Waals surface area contributed by atoms with E-state index in [9.17, 15) is 9.59 Å². The Morgan fingerprint density at radius 1 is 1.11 bits per heavy atom. The number of carbonyl (C=O) groups excluding carboxylic acids is 1. The number of H-pyrrole nitrogens is 1. The molecule has 3 aromatic rings. The van der Waals surface area contributed by atoms with Crippen LogP contribution in [0.15, 0.2) is 59.4 Å². The molecule has 37 heavy (non-hydrogen) atoms. The number of hydrogen-bond donors (Lipinski definition) is 2. The number of nitrogens with zero attached hydrogens (tertiary/aromatic N) is 1. The number of aryl methyl sites for hydroxylation is 1. The number of aromatic amines is 1. The zero-order chi connectivity index (χ0) is 25.8. The molecular formula is C31H37N3O2S. The van der Waals surface area contributed by atoms with Gasteiger partial charge in [0, 0.05) is 53.8 Å². The van der Waals surface area contributed by atoms with Gasteiger partial charge in [-0.1, -0.05) is 56.3 Å². The van der Waals surface area contributed by atoms with Gasteiger partial charge in [-0.3, -0.25) is 14.5 Å². The largest absolute Gasteiger partial charge is 0.356 e. The Labute approximate surface area is 223 Å². The first-order valence-corrected chi connectivity index (χ1v) is 14.6. The number of amides is 1. The van der Waals surface area contributed by atoms with E-state index in [1.165, 1.54) is 16.7 Å². The van der Waals surface area contributed by atoms with Crippen molar-refractivity contribution >= 4 is 34.1 Å². The maximum absolute atomic E-state index is 13.1. The van der Waals surface area contributed by atoms with E-state index in [1.807, 2.05) is 37.7 Å². The first kappa shape index (κ1) is 25.8. The molecule has 0 fully saturated rings. The van der Waals surface area contributed by atoms with Crippen molar-refractivity contribution in [2.24, 2.45) is 5.41 Å². The van der Waals surface area contributed by atoms with Crippen LogP contribution in [0.4, 0.5) is 0 Å². The highest BCUT2D eigenvalue weighted by atomic mass is 32.2. The third-order valence-corrected chi connectivity index (χ3v) is 8.66. The van der Waals surface area contributed by atoms with Crippen molar-refractivity contribution in [1.29, 1.82) is 0 Å². The van der Waals surface area contributed by atoms with Gasteiger partial charge in [0.15, 0.2) is 0 Å². The molecule has 0 saturated heterocycles. The van der Waals surface area contributed by atoms with E-state index in [-0.39, 0.29) is 11.5 Å². The van der Waals surface area contributed by atoms with Crippen LogP contribution in [0.5, 0.6) is 0 Å². The molecule has 2 aromatic carbocycles. The lowest BCUT2D eigenvalue weighted by molar-refractivity contribution is -0.129. The summed E-state index contributed by atoms with van der Waals surface area (Å²) in [6, 6.07) is 16.9. The Balaban J connectivity index is 1.13. The van der Waals surface area contributed by atoms with Crippen LogP contribution in [0.25, 0.3) is 16.5 Å². The van der Waals surface area contributed by atoms with Crippen molar-refractivity contribution in [3.05, 3.63) is 87.2 Å². The summed E-state index contributed by atoms with van der Waals surface area (Å²) in [7, 11) is 0. The third kappa shape index (κ3) is 6.02. The predicted octanol–water partition coefficient (Wildman–Crippen LogP) is 5.18. The highest BCUT2D eigenvalue weighted by molar-refractivity contribution is 7.98. The predicted molar refractivity (Wildman–Crippen MR) is 155 cm³/mol. The van der Waals surface area contributed by atoms with E-state index in [0.717, 1.165) is 72.4 Å². The summed E-state index contributed by atoms with van der Waals surface area (Å²) in [5.41, 5.74) is 6.42. The SMILES string of the molecule is CC(C)(Cc1ccc2[nH]c(=O)c3c(c2c1)CCSC3)C(=O)NCCCN1CC=C(c2ccccc2)CC1. The second kappa shape index (κ2) is 11.3. The van der Waals surface area contributed by atoms with Gasteiger partial charge in [-0.25, -0.2) is 0 Å². The molecule has 1 aromatic heterocycles. The van der Waals surface area contributed by atoms with Crippen molar-refractivity contribution in [2.45, 2.75) is 45.3 Å². The van der Waals surface area contributed by atoms with Crippen molar-refractivity contribution in [3.8, 4) is 0 Å². The molecule has 2 aliphatic rings. The number of rotatable bonds is 8. The van der Waals surface area contributed by atoms with Gasteiger partial charge in [0.25, 0.3) is 5.56 Å². The fourth-order valence-electron chi connectivity index (χ4n) is 5.51. The number of pyridine rings is 1. The normalized spacial score (nSPS) is 16.3. The minimum atomic E-state index is -0.510. The molecule has 0 spiro atoms. The number of carbonyl (C=O) groups is 1. The number of thioether (sulfide) groups is 1. The van der Waals surface area contributed by atoms with Crippen LogP contribution < -0.4 is 10.9 Å². The summed E-state index contributed by atoms with van der Waals surface area (Å²) in [6.07, 6.45) is 5.95. The van der Waals surface area contributed by atoms with Crippen LogP contribution in [0, 0.1) is 5.41 Å². The van der Waals surface area contributed by atoms with Gasteiger partial charge in [-0.05, 0) is 65.8 Å². The van der Waals surface area contributed by atoms with Gasteiger partial charge in [-0.15, -0.1) is 0 Å². The third-order valence-electron chi connectivity index (χ3n) is 7.67. The van der Waals surface area contributed by atoms with Crippen molar-refractivity contribution in [2.75, 3.05) is 31.9 Å². The fraction of sp³-hybridized carbons (Fsp3) is 0.419. The Bertz CT molecular complexity index is 1360. The average molecular weight is 516 g/mol. The summed E-state index contributed by atoms with van der Waals surface area (Å²) in [5.74, 6) is 1.92. The number of nitrogens with one attached hydrogen (secondary N) is 2. The summed E-state index contributed by atoms with van der Waals surface area (Å²) >= 11 is 1.82. The van der Waals surface area contributed by atoms with E-state index in [4.69, 9.17) is 0 Å². The molecule has 0 saturated carbocycles. The number of hydrogen-bond acceptors (Lipinski definition) is 4. The number of fused-ring (bicyclic) bond motifs is 3. The second-order valence-electron chi connectivity index (χ2n) is 10.9. The lowest BCUT2D eigenvalue weighted by Crippen LogP contribution is -2.40. The zero-order valence-electron chi connectivity index (χ0n) is 21.9. The van der Waals surface area contributed by atoms with Crippen LogP contribution in [0.1, 0.15) is 48.9 Å². The maximum atomic E-state index is 13.1. The van der Waals surface area contributed by atoms with Crippen molar-refractivity contribution in [1.82, 2.24) is 15.2 Å². The van der Waals surface area contributed by atoms with Crippen molar-refractivity contribution < 1.29 is 4.79 Å². The quantitative estimate of drug-likeness (QED) is 0.406. The molecule has 1 amide bonds. The number of aromatic nitrogens is 1. The van der Waals surface area contributed by atoms with Crippen LogP contribution >= 0.6 is 11.8 Å². The van der Waals surface area contributed by atoms with E-state index < -0.39 is 5.41 Å². The van der Waals surface area contributed by atoms with Crippen LogP contribution in [-0.2, 0) is 23.4 Å².